The molecule has 2 rings (SSSR count). The Kier molecular flexibility index (Phi) is 4.00. The maximum Gasteiger partial charge on any atom is 0.317 e. The second-order valence-electron chi connectivity index (χ2n) is 4.95. The summed E-state index contributed by atoms with van der Waals surface area (Å²) in [6.07, 6.45) is 9.67. The number of amides is 2. The fraction of sp³-hybridized carbons (Fsp3) is 0.917. The van der Waals surface area contributed by atoms with Crippen LogP contribution in [0.2, 0.25) is 0 Å². The fourth-order valence-corrected chi connectivity index (χ4v) is 3.65. The van der Waals surface area contributed by atoms with Crippen molar-refractivity contribution in [1.29, 1.82) is 0 Å². The van der Waals surface area contributed by atoms with Gasteiger partial charge >= 0.3 is 6.03 Å². The zero-order valence-electron chi connectivity index (χ0n) is 10.1. The molecule has 1 saturated heterocycles. The van der Waals surface area contributed by atoms with Crippen molar-refractivity contribution in [2.24, 2.45) is 0 Å². The molecule has 4 heteroatoms. The number of hydrogen-bond acceptors (Lipinski definition) is 2. The van der Waals surface area contributed by atoms with Crippen LogP contribution in [0.25, 0.3) is 0 Å². The highest BCUT2D eigenvalue weighted by Gasteiger charge is 2.33. The number of thioether (sulfide) groups is 1. The molecule has 2 fully saturated rings. The molecule has 0 atom stereocenters. The van der Waals surface area contributed by atoms with Crippen LogP contribution in [0.1, 0.15) is 38.5 Å². The monoisotopic (exact) mass is 242 g/mol. The molecule has 1 aliphatic heterocycles. The third-order valence-electron chi connectivity index (χ3n) is 3.90. The van der Waals surface area contributed by atoms with Gasteiger partial charge in [-0.25, -0.2) is 4.79 Å². The largest absolute Gasteiger partial charge is 0.337 e. The Hall–Kier alpha value is -0.380. The summed E-state index contributed by atoms with van der Waals surface area (Å²) < 4.78 is 0.329. The summed E-state index contributed by atoms with van der Waals surface area (Å²) in [6.45, 7) is 2.74. The molecule has 0 aromatic rings. The van der Waals surface area contributed by atoms with Crippen molar-refractivity contribution in [2.75, 3.05) is 25.9 Å². The minimum atomic E-state index is 0.151. The Morgan fingerprint density at radius 2 is 1.88 bits per heavy atom. The molecule has 3 nitrogen and oxygen atoms in total. The topological polar surface area (TPSA) is 32.3 Å². The quantitative estimate of drug-likeness (QED) is 0.824. The van der Waals surface area contributed by atoms with Gasteiger partial charge in [-0.3, -0.25) is 0 Å². The van der Waals surface area contributed by atoms with Gasteiger partial charge in [0.05, 0.1) is 0 Å². The molecule has 0 spiro atoms. The smallest absolute Gasteiger partial charge is 0.317 e. The number of carbonyl (C=O) groups excluding carboxylic acids is 1. The van der Waals surface area contributed by atoms with E-state index in [0.717, 1.165) is 19.6 Å². The normalized spacial score (nSPS) is 23.7. The molecule has 1 saturated carbocycles. The lowest BCUT2D eigenvalue weighted by Crippen LogP contribution is -2.44. The van der Waals surface area contributed by atoms with Gasteiger partial charge in [0.1, 0.15) is 0 Å². The molecule has 0 aromatic carbocycles. The van der Waals surface area contributed by atoms with Gasteiger partial charge in [0, 0.05) is 24.4 Å². The van der Waals surface area contributed by atoms with E-state index in [-0.39, 0.29) is 6.03 Å². The molecule has 16 heavy (non-hydrogen) atoms. The van der Waals surface area contributed by atoms with Gasteiger partial charge < -0.3 is 10.2 Å². The molecule has 2 aliphatic rings. The maximum absolute atomic E-state index is 11.9. The fourth-order valence-electron chi connectivity index (χ4n) is 2.74. The lowest BCUT2D eigenvalue weighted by atomic mass is 10.1. The van der Waals surface area contributed by atoms with Gasteiger partial charge in [0.2, 0.25) is 0 Å². The highest BCUT2D eigenvalue weighted by molar-refractivity contribution is 8.00. The predicted molar refractivity (Wildman–Crippen MR) is 68.9 cm³/mol. The third-order valence-corrected chi connectivity index (χ3v) is 5.32. The predicted octanol–water partition coefficient (Wildman–Crippen LogP) is 2.47. The Morgan fingerprint density at radius 1 is 1.25 bits per heavy atom. The minimum absolute atomic E-state index is 0.151. The second kappa shape index (κ2) is 5.30. The summed E-state index contributed by atoms with van der Waals surface area (Å²) in [4.78, 5) is 13.8. The highest BCUT2D eigenvalue weighted by Crippen LogP contribution is 2.39. The Balaban J connectivity index is 1.79. The SMILES string of the molecule is CSC1(CNC(=O)N2CCCC2)CCCC1. The number of likely N-dealkylation sites (tertiary alicyclic amines) is 1. The first-order valence-corrected chi connectivity index (χ1v) is 7.56. The van der Waals surface area contributed by atoms with Crippen LogP contribution >= 0.6 is 11.8 Å². The van der Waals surface area contributed by atoms with E-state index in [1.54, 1.807) is 0 Å². The van der Waals surface area contributed by atoms with E-state index in [1.807, 2.05) is 16.7 Å². The zero-order chi connectivity index (χ0) is 11.4. The second-order valence-corrected chi connectivity index (χ2v) is 6.22. The van der Waals surface area contributed by atoms with Gasteiger partial charge in [-0.15, -0.1) is 0 Å². The van der Waals surface area contributed by atoms with Crippen LogP contribution in [-0.2, 0) is 0 Å². The maximum atomic E-state index is 11.9. The number of nitrogens with zero attached hydrogens (tertiary/aromatic N) is 1. The van der Waals surface area contributed by atoms with E-state index in [2.05, 4.69) is 11.6 Å². The van der Waals surface area contributed by atoms with E-state index in [4.69, 9.17) is 0 Å². The molecule has 2 amide bonds. The van der Waals surface area contributed by atoms with Crippen molar-refractivity contribution < 1.29 is 4.79 Å². The summed E-state index contributed by atoms with van der Waals surface area (Å²) in [7, 11) is 0. The molecular formula is C12H22N2OS. The number of rotatable bonds is 3. The lowest BCUT2D eigenvalue weighted by Gasteiger charge is -2.28. The summed E-state index contributed by atoms with van der Waals surface area (Å²) in [6, 6.07) is 0.151. The first-order chi connectivity index (χ1) is 7.76. The van der Waals surface area contributed by atoms with Crippen LogP contribution in [0.3, 0.4) is 0 Å². The standard InChI is InChI=1S/C12H22N2OS/c1-16-12(6-2-3-7-12)10-13-11(15)14-8-4-5-9-14/h2-10H2,1H3,(H,13,15). The van der Waals surface area contributed by atoms with Gasteiger partial charge in [-0.2, -0.15) is 11.8 Å². The van der Waals surface area contributed by atoms with Gasteiger partial charge in [-0.1, -0.05) is 12.8 Å². The van der Waals surface area contributed by atoms with Crippen LogP contribution in [-0.4, -0.2) is 41.6 Å². The summed E-state index contributed by atoms with van der Waals surface area (Å²) in [5, 5.41) is 3.12. The van der Waals surface area contributed by atoms with E-state index >= 15 is 0 Å². The Morgan fingerprint density at radius 3 is 2.44 bits per heavy atom. The first kappa shape index (κ1) is 12.1. The Labute approximate surface area is 102 Å². The molecule has 1 aliphatic carbocycles. The van der Waals surface area contributed by atoms with Crippen molar-refractivity contribution in [3.05, 3.63) is 0 Å². The molecule has 0 radical (unpaired) electrons. The molecule has 1 heterocycles. The van der Waals surface area contributed by atoms with Gasteiger partial charge in [0.15, 0.2) is 0 Å². The van der Waals surface area contributed by atoms with E-state index in [0.29, 0.717) is 4.75 Å². The third kappa shape index (κ3) is 2.65. The lowest BCUT2D eigenvalue weighted by molar-refractivity contribution is 0.207. The first-order valence-electron chi connectivity index (χ1n) is 6.34. The van der Waals surface area contributed by atoms with Gasteiger partial charge in [0.25, 0.3) is 0 Å². The average molecular weight is 242 g/mol. The Bertz CT molecular complexity index is 245. The molecule has 0 unspecified atom stereocenters. The van der Waals surface area contributed by atoms with Crippen molar-refractivity contribution in [1.82, 2.24) is 10.2 Å². The summed E-state index contributed by atoms with van der Waals surface area (Å²) in [5.41, 5.74) is 0. The summed E-state index contributed by atoms with van der Waals surface area (Å²) in [5.74, 6) is 0. The average Bonchev–Trinajstić information content (AvgIpc) is 2.98. The highest BCUT2D eigenvalue weighted by atomic mass is 32.2. The van der Waals surface area contributed by atoms with Crippen LogP contribution < -0.4 is 5.32 Å². The van der Waals surface area contributed by atoms with Crippen LogP contribution in [0, 0.1) is 0 Å². The van der Waals surface area contributed by atoms with Crippen LogP contribution in [0.4, 0.5) is 4.79 Å². The molecule has 1 N–H and O–H groups in total. The van der Waals surface area contributed by atoms with Crippen molar-refractivity contribution in [3.63, 3.8) is 0 Å². The van der Waals surface area contributed by atoms with Crippen LogP contribution in [0.15, 0.2) is 0 Å². The van der Waals surface area contributed by atoms with E-state index in [1.165, 1.54) is 38.5 Å². The molecular weight excluding hydrogens is 220 g/mol. The van der Waals surface area contributed by atoms with E-state index < -0.39 is 0 Å². The van der Waals surface area contributed by atoms with Gasteiger partial charge in [-0.05, 0) is 31.9 Å². The van der Waals surface area contributed by atoms with E-state index in [9.17, 15) is 4.79 Å². The number of carbonyl (C=O) groups is 1. The number of urea groups is 1. The molecule has 0 aromatic heterocycles. The van der Waals surface area contributed by atoms with Crippen molar-refractivity contribution >= 4 is 17.8 Å². The zero-order valence-corrected chi connectivity index (χ0v) is 10.9. The molecule has 0 bridgehead atoms. The number of hydrogen-bond donors (Lipinski definition) is 1. The molecule has 92 valence electrons. The van der Waals surface area contributed by atoms with Crippen molar-refractivity contribution in [2.45, 2.75) is 43.3 Å². The summed E-state index contributed by atoms with van der Waals surface area (Å²) >= 11 is 1.93. The van der Waals surface area contributed by atoms with Crippen LogP contribution in [0.5, 0.6) is 0 Å². The minimum Gasteiger partial charge on any atom is -0.337 e. The van der Waals surface area contributed by atoms with Crippen molar-refractivity contribution in [3.8, 4) is 0 Å². The number of nitrogens with one attached hydrogen (secondary N) is 1.